The van der Waals surface area contributed by atoms with E-state index >= 15 is 0 Å². The lowest BCUT2D eigenvalue weighted by molar-refractivity contribution is 0.308. The molecule has 0 rings (SSSR count). The monoisotopic (exact) mass is 204 g/mol. The second kappa shape index (κ2) is 11.8. The molecule has 0 aromatic rings. The van der Waals surface area contributed by atoms with E-state index in [-0.39, 0.29) is 0 Å². The SMILES string of the molecule is CC.CCN(CC)CCNC(C)=S. The third-order valence-electron chi connectivity index (χ3n) is 1.70. The fraction of sp³-hybridized carbons (Fsp3) is 0.900. The standard InChI is InChI=1S/C8H18N2S.C2H6/c1-4-10(5-2)7-6-9-8(3)11;1-2/h4-7H2,1-3H3,(H,9,11);1-2H3. The smallest absolute Gasteiger partial charge is 0.0722 e. The number of thiocarbonyl (C=S) groups is 1. The van der Waals surface area contributed by atoms with Gasteiger partial charge in [-0.15, -0.1) is 0 Å². The normalized spacial score (nSPS) is 9.08. The number of nitrogens with one attached hydrogen (secondary N) is 1. The van der Waals surface area contributed by atoms with Crippen molar-refractivity contribution in [2.75, 3.05) is 26.2 Å². The highest BCUT2D eigenvalue weighted by atomic mass is 32.1. The average molecular weight is 204 g/mol. The quantitative estimate of drug-likeness (QED) is 0.692. The first-order valence-corrected chi connectivity index (χ1v) is 5.58. The van der Waals surface area contributed by atoms with Gasteiger partial charge in [0.2, 0.25) is 0 Å². The van der Waals surface area contributed by atoms with Gasteiger partial charge in [0.25, 0.3) is 0 Å². The van der Waals surface area contributed by atoms with Crippen molar-refractivity contribution < 1.29 is 0 Å². The van der Waals surface area contributed by atoms with E-state index in [0.717, 1.165) is 31.2 Å². The summed E-state index contributed by atoms with van der Waals surface area (Å²) in [5.41, 5.74) is 0. The van der Waals surface area contributed by atoms with Crippen molar-refractivity contribution >= 4 is 17.2 Å². The van der Waals surface area contributed by atoms with Crippen LogP contribution in [0.2, 0.25) is 0 Å². The molecule has 0 aliphatic rings. The van der Waals surface area contributed by atoms with E-state index in [1.165, 1.54) is 0 Å². The van der Waals surface area contributed by atoms with E-state index in [0.29, 0.717) is 0 Å². The van der Waals surface area contributed by atoms with Crippen molar-refractivity contribution in [2.24, 2.45) is 0 Å². The number of rotatable bonds is 5. The highest BCUT2D eigenvalue weighted by Crippen LogP contribution is 1.83. The Morgan fingerprint density at radius 2 is 1.69 bits per heavy atom. The Kier molecular flexibility index (Phi) is 14.0. The van der Waals surface area contributed by atoms with Crippen LogP contribution in [0.4, 0.5) is 0 Å². The Morgan fingerprint density at radius 1 is 1.23 bits per heavy atom. The van der Waals surface area contributed by atoms with Crippen molar-refractivity contribution in [3.05, 3.63) is 0 Å². The summed E-state index contributed by atoms with van der Waals surface area (Å²) < 4.78 is 0. The summed E-state index contributed by atoms with van der Waals surface area (Å²) in [6, 6.07) is 0. The lowest BCUT2D eigenvalue weighted by Crippen LogP contribution is -2.33. The third kappa shape index (κ3) is 11.9. The lowest BCUT2D eigenvalue weighted by Gasteiger charge is -2.17. The molecule has 0 aliphatic heterocycles. The molecule has 0 aromatic carbocycles. The fourth-order valence-corrected chi connectivity index (χ4v) is 1.03. The molecule has 0 unspecified atom stereocenters. The molecule has 0 spiro atoms. The van der Waals surface area contributed by atoms with Gasteiger partial charge in [0.1, 0.15) is 0 Å². The van der Waals surface area contributed by atoms with Crippen LogP contribution >= 0.6 is 12.2 Å². The Hall–Kier alpha value is -0.150. The second-order valence-corrected chi connectivity index (χ2v) is 3.12. The minimum atomic E-state index is 0.886. The van der Waals surface area contributed by atoms with E-state index in [9.17, 15) is 0 Å². The molecule has 80 valence electrons. The van der Waals surface area contributed by atoms with Crippen LogP contribution in [0, 0.1) is 0 Å². The summed E-state index contributed by atoms with van der Waals surface area (Å²) in [5, 5.41) is 3.13. The van der Waals surface area contributed by atoms with Crippen molar-refractivity contribution in [1.29, 1.82) is 0 Å². The first-order chi connectivity index (χ1) is 6.20. The minimum Gasteiger partial charge on any atom is -0.379 e. The maximum Gasteiger partial charge on any atom is 0.0722 e. The molecule has 0 heterocycles. The topological polar surface area (TPSA) is 15.3 Å². The maximum atomic E-state index is 4.89. The number of nitrogens with zero attached hydrogens (tertiary/aromatic N) is 1. The average Bonchev–Trinajstić information content (AvgIpc) is 2.15. The first-order valence-electron chi connectivity index (χ1n) is 5.17. The van der Waals surface area contributed by atoms with Gasteiger partial charge in [0.15, 0.2) is 0 Å². The highest BCUT2D eigenvalue weighted by Gasteiger charge is 1.96. The van der Waals surface area contributed by atoms with Crippen LogP contribution < -0.4 is 5.32 Å². The molecule has 13 heavy (non-hydrogen) atoms. The van der Waals surface area contributed by atoms with Crippen molar-refractivity contribution in [3.8, 4) is 0 Å². The number of hydrogen-bond acceptors (Lipinski definition) is 2. The zero-order valence-electron chi connectivity index (χ0n) is 9.68. The first kappa shape index (κ1) is 15.3. The Bertz CT molecular complexity index is 111. The van der Waals surface area contributed by atoms with Gasteiger partial charge in [0, 0.05) is 13.1 Å². The molecule has 1 N–H and O–H groups in total. The summed E-state index contributed by atoms with van der Waals surface area (Å²) in [4.78, 5) is 3.25. The van der Waals surface area contributed by atoms with Crippen molar-refractivity contribution in [3.63, 3.8) is 0 Å². The third-order valence-corrected chi connectivity index (χ3v) is 1.84. The molecule has 0 fully saturated rings. The lowest BCUT2D eigenvalue weighted by atomic mass is 10.4. The van der Waals surface area contributed by atoms with E-state index in [2.05, 4.69) is 24.1 Å². The van der Waals surface area contributed by atoms with Gasteiger partial charge < -0.3 is 10.2 Å². The Morgan fingerprint density at radius 3 is 2.00 bits per heavy atom. The molecule has 0 radical (unpaired) electrons. The van der Waals surface area contributed by atoms with Gasteiger partial charge in [0.05, 0.1) is 4.99 Å². The van der Waals surface area contributed by atoms with Crippen LogP contribution in [-0.4, -0.2) is 36.1 Å². The Labute approximate surface area is 88.7 Å². The van der Waals surface area contributed by atoms with Gasteiger partial charge in [-0.2, -0.15) is 0 Å². The molecule has 0 atom stereocenters. The molecular weight excluding hydrogens is 180 g/mol. The minimum absolute atomic E-state index is 0.886. The van der Waals surface area contributed by atoms with E-state index < -0.39 is 0 Å². The van der Waals surface area contributed by atoms with Crippen LogP contribution in [0.15, 0.2) is 0 Å². The largest absolute Gasteiger partial charge is 0.379 e. The predicted molar refractivity (Wildman–Crippen MR) is 65.4 cm³/mol. The van der Waals surface area contributed by atoms with Crippen LogP contribution in [0.5, 0.6) is 0 Å². The molecule has 3 heteroatoms. The number of likely N-dealkylation sites (N-methyl/N-ethyl adjacent to an activating group) is 1. The summed E-state index contributed by atoms with van der Waals surface area (Å²) in [7, 11) is 0. The van der Waals surface area contributed by atoms with Gasteiger partial charge in [-0.1, -0.05) is 39.9 Å². The maximum absolute atomic E-state index is 4.89. The van der Waals surface area contributed by atoms with Crippen LogP contribution in [0.3, 0.4) is 0 Å². The highest BCUT2D eigenvalue weighted by molar-refractivity contribution is 7.80. The second-order valence-electron chi connectivity index (χ2n) is 2.51. The molecule has 0 bridgehead atoms. The van der Waals surface area contributed by atoms with E-state index in [1.54, 1.807) is 0 Å². The molecule has 0 amide bonds. The molecule has 2 nitrogen and oxygen atoms in total. The van der Waals surface area contributed by atoms with Crippen LogP contribution in [-0.2, 0) is 0 Å². The van der Waals surface area contributed by atoms with Crippen molar-refractivity contribution in [1.82, 2.24) is 10.2 Å². The van der Waals surface area contributed by atoms with Gasteiger partial charge >= 0.3 is 0 Å². The molecule has 0 saturated carbocycles. The summed E-state index contributed by atoms with van der Waals surface area (Å²) >= 11 is 4.89. The van der Waals surface area contributed by atoms with E-state index in [4.69, 9.17) is 12.2 Å². The Balaban J connectivity index is 0. The summed E-state index contributed by atoms with van der Waals surface area (Å²) in [6.07, 6.45) is 0. The zero-order valence-corrected chi connectivity index (χ0v) is 10.5. The summed E-state index contributed by atoms with van der Waals surface area (Å²) in [6.45, 7) is 14.6. The van der Waals surface area contributed by atoms with Crippen LogP contribution in [0.25, 0.3) is 0 Å². The molecule has 0 aromatic heterocycles. The zero-order chi connectivity index (χ0) is 10.7. The summed E-state index contributed by atoms with van der Waals surface area (Å²) in [5.74, 6) is 0. The predicted octanol–water partition coefficient (Wildman–Crippen LogP) is 2.29. The molecule has 0 saturated heterocycles. The van der Waals surface area contributed by atoms with Crippen molar-refractivity contribution in [2.45, 2.75) is 34.6 Å². The molecule has 0 aliphatic carbocycles. The van der Waals surface area contributed by atoms with E-state index in [1.807, 2.05) is 20.8 Å². The van der Waals surface area contributed by atoms with Gasteiger partial charge in [-0.3, -0.25) is 0 Å². The van der Waals surface area contributed by atoms with Gasteiger partial charge in [-0.25, -0.2) is 0 Å². The molecular formula is C10H24N2S. The number of hydrogen-bond donors (Lipinski definition) is 1. The fourth-order valence-electron chi connectivity index (χ4n) is 0.930. The van der Waals surface area contributed by atoms with Gasteiger partial charge in [-0.05, 0) is 20.0 Å². The van der Waals surface area contributed by atoms with Crippen LogP contribution in [0.1, 0.15) is 34.6 Å².